The van der Waals surface area contributed by atoms with Crippen LogP contribution in [-0.4, -0.2) is 51.4 Å². The highest BCUT2D eigenvalue weighted by molar-refractivity contribution is 5.76. The van der Waals surface area contributed by atoms with E-state index in [1.54, 1.807) is 24.1 Å². The number of nitrogens with zero attached hydrogens (tertiary/aromatic N) is 3. The molecule has 0 saturated carbocycles. The molecule has 7 heteroatoms. The number of aryl methyl sites for hydroxylation is 1. The summed E-state index contributed by atoms with van der Waals surface area (Å²) in [5.41, 5.74) is 0.861. The average molecular weight is 322 g/mol. The molecule has 23 heavy (non-hydrogen) atoms. The van der Waals surface area contributed by atoms with Gasteiger partial charge in [0, 0.05) is 32.9 Å². The quantitative estimate of drug-likeness (QED) is 0.862. The summed E-state index contributed by atoms with van der Waals surface area (Å²) in [4.78, 5) is 25.5. The topological polar surface area (TPSA) is 87.5 Å². The minimum absolute atomic E-state index is 0.138. The van der Waals surface area contributed by atoms with Gasteiger partial charge in [0.2, 0.25) is 0 Å². The highest BCUT2D eigenvalue weighted by atomic mass is 16.4. The number of carbonyl (C=O) groups excluding carboxylic acids is 1. The zero-order chi connectivity index (χ0) is 16.7. The van der Waals surface area contributed by atoms with Gasteiger partial charge in [-0.15, -0.1) is 0 Å². The fourth-order valence-electron chi connectivity index (χ4n) is 2.88. The van der Waals surface area contributed by atoms with Crippen LogP contribution in [0.2, 0.25) is 0 Å². The molecular formula is C16H26N4O3. The summed E-state index contributed by atoms with van der Waals surface area (Å²) in [6.07, 6.45) is 9.42. The molecule has 1 fully saturated rings. The summed E-state index contributed by atoms with van der Waals surface area (Å²) < 4.78 is 1.65. The van der Waals surface area contributed by atoms with Crippen molar-refractivity contribution in [3.05, 3.63) is 18.0 Å². The fourth-order valence-corrected chi connectivity index (χ4v) is 2.88. The Morgan fingerprint density at radius 3 is 2.48 bits per heavy atom. The van der Waals surface area contributed by atoms with Crippen LogP contribution < -0.4 is 5.32 Å². The van der Waals surface area contributed by atoms with Crippen LogP contribution in [0.5, 0.6) is 0 Å². The first-order valence-electron chi connectivity index (χ1n) is 8.29. The lowest BCUT2D eigenvalue weighted by atomic mass is 10.0. The van der Waals surface area contributed by atoms with Crippen molar-refractivity contribution in [3.63, 3.8) is 0 Å². The van der Waals surface area contributed by atoms with Gasteiger partial charge in [-0.3, -0.25) is 9.48 Å². The molecule has 0 radical (unpaired) electrons. The van der Waals surface area contributed by atoms with Crippen LogP contribution in [0.3, 0.4) is 0 Å². The SMILES string of the molecule is Cn1cc(CC(CNC(=O)N2CCCCCCC2)C(=O)O)cn1. The van der Waals surface area contributed by atoms with Gasteiger partial charge in [-0.2, -0.15) is 5.10 Å². The van der Waals surface area contributed by atoms with Crippen LogP contribution in [-0.2, 0) is 18.3 Å². The molecule has 2 rings (SSSR count). The van der Waals surface area contributed by atoms with Gasteiger partial charge in [0.15, 0.2) is 0 Å². The van der Waals surface area contributed by atoms with Crippen molar-refractivity contribution in [2.45, 2.75) is 38.5 Å². The van der Waals surface area contributed by atoms with Gasteiger partial charge in [0.05, 0.1) is 12.1 Å². The zero-order valence-corrected chi connectivity index (χ0v) is 13.7. The Morgan fingerprint density at radius 1 is 1.26 bits per heavy atom. The lowest BCUT2D eigenvalue weighted by molar-refractivity contribution is -0.141. The number of aliphatic carboxylic acids is 1. The summed E-state index contributed by atoms with van der Waals surface area (Å²) in [6, 6.07) is -0.149. The second-order valence-corrected chi connectivity index (χ2v) is 6.20. The summed E-state index contributed by atoms with van der Waals surface area (Å²) in [5, 5.41) is 16.2. The molecule has 1 aromatic rings. The molecule has 1 saturated heterocycles. The maximum absolute atomic E-state index is 12.3. The number of rotatable bonds is 5. The van der Waals surface area contributed by atoms with Crippen molar-refractivity contribution in [1.29, 1.82) is 0 Å². The van der Waals surface area contributed by atoms with Crippen molar-refractivity contribution < 1.29 is 14.7 Å². The van der Waals surface area contributed by atoms with Gasteiger partial charge in [-0.25, -0.2) is 4.79 Å². The first-order valence-corrected chi connectivity index (χ1v) is 8.29. The van der Waals surface area contributed by atoms with E-state index in [1.807, 2.05) is 4.90 Å². The second kappa shape index (κ2) is 8.55. The van der Waals surface area contributed by atoms with Crippen LogP contribution in [0.15, 0.2) is 12.4 Å². The molecular weight excluding hydrogens is 296 g/mol. The summed E-state index contributed by atoms with van der Waals surface area (Å²) in [6.45, 7) is 1.65. The molecule has 1 unspecified atom stereocenters. The van der Waals surface area contributed by atoms with E-state index >= 15 is 0 Å². The molecule has 128 valence electrons. The third-order valence-corrected chi connectivity index (χ3v) is 4.23. The first-order chi connectivity index (χ1) is 11.1. The van der Waals surface area contributed by atoms with E-state index in [1.165, 1.54) is 6.42 Å². The van der Waals surface area contributed by atoms with E-state index in [0.29, 0.717) is 6.42 Å². The van der Waals surface area contributed by atoms with Crippen LogP contribution in [0.1, 0.15) is 37.7 Å². The van der Waals surface area contributed by atoms with Gasteiger partial charge < -0.3 is 15.3 Å². The van der Waals surface area contributed by atoms with E-state index in [4.69, 9.17) is 0 Å². The monoisotopic (exact) mass is 322 g/mol. The lowest BCUT2D eigenvalue weighted by Gasteiger charge is -2.25. The third kappa shape index (κ3) is 5.58. The van der Waals surface area contributed by atoms with Crippen molar-refractivity contribution in [2.75, 3.05) is 19.6 Å². The molecule has 2 heterocycles. The van der Waals surface area contributed by atoms with Crippen LogP contribution >= 0.6 is 0 Å². The zero-order valence-electron chi connectivity index (χ0n) is 13.7. The largest absolute Gasteiger partial charge is 0.481 e. The van der Waals surface area contributed by atoms with E-state index < -0.39 is 11.9 Å². The van der Waals surface area contributed by atoms with Gasteiger partial charge in [-0.05, 0) is 24.8 Å². The molecule has 0 bridgehead atoms. The molecule has 2 N–H and O–H groups in total. The molecule has 7 nitrogen and oxygen atoms in total. The molecule has 0 spiro atoms. The normalized spacial score (nSPS) is 17.2. The van der Waals surface area contributed by atoms with E-state index in [2.05, 4.69) is 10.4 Å². The first kappa shape index (κ1) is 17.3. The minimum atomic E-state index is -0.901. The molecule has 1 aliphatic heterocycles. The molecule has 0 aromatic carbocycles. The summed E-state index contributed by atoms with van der Waals surface area (Å²) in [5.74, 6) is -1.54. The Morgan fingerprint density at radius 2 is 1.91 bits per heavy atom. The van der Waals surface area contributed by atoms with Gasteiger partial charge in [0.25, 0.3) is 0 Å². The van der Waals surface area contributed by atoms with Crippen LogP contribution in [0.4, 0.5) is 4.79 Å². The Hall–Kier alpha value is -2.05. The second-order valence-electron chi connectivity index (χ2n) is 6.20. The fraction of sp³-hybridized carbons (Fsp3) is 0.688. The Bertz CT molecular complexity index is 521. The average Bonchev–Trinajstić information content (AvgIpc) is 2.87. The lowest BCUT2D eigenvalue weighted by Crippen LogP contribution is -2.44. The Kier molecular flexibility index (Phi) is 6.43. The van der Waals surface area contributed by atoms with E-state index in [9.17, 15) is 14.7 Å². The number of hydrogen-bond acceptors (Lipinski definition) is 3. The number of nitrogens with one attached hydrogen (secondary N) is 1. The molecule has 2 amide bonds. The van der Waals surface area contributed by atoms with E-state index in [0.717, 1.165) is 44.3 Å². The van der Waals surface area contributed by atoms with Crippen LogP contribution in [0, 0.1) is 5.92 Å². The van der Waals surface area contributed by atoms with Gasteiger partial charge in [0.1, 0.15) is 0 Å². The number of carbonyl (C=O) groups is 2. The highest BCUT2D eigenvalue weighted by Crippen LogP contribution is 2.11. The van der Waals surface area contributed by atoms with Crippen molar-refractivity contribution in [2.24, 2.45) is 13.0 Å². The molecule has 1 atom stereocenters. The smallest absolute Gasteiger partial charge is 0.317 e. The number of carboxylic acid groups (broad SMARTS) is 1. The summed E-state index contributed by atoms with van der Waals surface area (Å²) >= 11 is 0. The number of likely N-dealkylation sites (tertiary alicyclic amines) is 1. The van der Waals surface area contributed by atoms with Gasteiger partial charge in [-0.1, -0.05) is 19.3 Å². The minimum Gasteiger partial charge on any atom is -0.481 e. The number of carboxylic acids is 1. The summed E-state index contributed by atoms with van der Waals surface area (Å²) in [7, 11) is 1.79. The Labute approximate surface area is 136 Å². The number of urea groups is 1. The molecule has 0 aliphatic carbocycles. The highest BCUT2D eigenvalue weighted by Gasteiger charge is 2.21. The van der Waals surface area contributed by atoms with Crippen LogP contribution in [0.25, 0.3) is 0 Å². The van der Waals surface area contributed by atoms with Crippen molar-refractivity contribution in [3.8, 4) is 0 Å². The third-order valence-electron chi connectivity index (χ3n) is 4.23. The van der Waals surface area contributed by atoms with Crippen molar-refractivity contribution >= 4 is 12.0 Å². The predicted octanol–water partition coefficient (Wildman–Crippen LogP) is 1.64. The van der Waals surface area contributed by atoms with E-state index in [-0.39, 0.29) is 12.6 Å². The Balaban J connectivity index is 1.84. The van der Waals surface area contributed by atoms with Gasteiger partial charge >= 0.3 is 12.0 Å². The number of amides is 2. The number of hydrogen-bond donors (Lipinski definition) is 2. The number of aromatic nitrogens is 2. The standard InChI is InChI=1S/C16H26N4O3/c1-19-12-13(10-18-19)9-14(15(21)22)11-17-16(23)20-7-5-3-2-4-6-8-20/h10,12,14H,2-9,11H2,1H3,(H,17,23)(H,21,22). The maximum Gasteiger partial charge on any atom is 0.317 e. The molecule has 1 aliphatic rings. The maximum atomic E-state index is 12.3. The van der Waals surface area contributed by atoms with Crippen molar-refractivity contribution in [1.82, 2.24) is 20.0 Å². The molecule has 1 aromatic heterocycles. The predicted molar refractivity (Wildman–Crippen MR) is 86.1 cm³/mol.